The Balaban J connectivity index is 1.41. The molecule has 10 heteroatoms. The van der Waals surface area contributed by atoms with Gasteiger partial charge in [-0.15, -0.1) is 10.2 Å². The second-order valence-corrected chi connectivity index (χ2v) is 8.59. The number of nitrogens with one attached hydrogen (secondary N) is 1. The molecule has 1 N–H and O–H groups in total. The highest BCUT2D eigenvalue weighted by atomic mass is 32.2. The van der Waals surface area contributed by atoms with Crippen LogP contribution in [0.3, 0.4) is 0 Å². The third-order valence-corrected chi connectivity index (χ3v) is 6.79. The van der Waals surface area contributed by atoms with Crippen molar-refractivity contribution in [2.75, 3.05) is 43.5 Å². The van der Waals surface area contributed by atoms with E-state index in [4.69, 9.17) is 4.74 Å². The summed E-state index contributed by atoms with van der Waals surface area (Å²) >= 11 is 0. The number of nitrogens with zero attached hydrogens (tertiary/aromatic N) is 5. The number of hydrogen-bond donors (Lipinski definition) is 1. The number of sulfonamides is 1. The minimum atomic E-state index is -3.62. The molecule has 1 aromatic carbocycles. The lowest BCUT2D eigenvalue weighted by atomic mass is 10.3. The van der Waals surface area contributed by atoms with Crippen molar-refractivity contribution in [2.45, 2.75) is 4.90 Å². The molecule has 3 aromatic rings. The molecule has 156 valence electrons. The second-order valence-electron chi connectivity index (χ2n) is 6.68. The van der Waals surface area contributed by atoms with E-state index in [2.05, 4.69) is 20.5 Å². The number of anilines is 3. The van der Waals surface area contributed by atoms with E-state index >= 15 is 0 Å². The first kappa shape index (κ1) is 20.0. The molecule has 1 saturated heterocycles. The minimum absolute atomic E-state index is 0.187. The summed E-state index contributed by atoms with van der Waals surface area (Å²) in [4.78, 5) is 6.19. The molecule has 9 nitrogen and oxygen atoms in total. The number of rotatable bonds is 6. The molecule has 0 spiro atoms. The summed E-state index contributed by atoms with van der Waals surface area (Å²) < 4.78 is 32.7. The van der Waals surface area contributed by atoms with Crippen LogP contribution in [0.15, 0.2) is 65.8 Å². The predicted octanol–water partition coefficient (Wildman–Crippen LogP) is 2.13. The number of ether oxygens (including phenoxy) is 1. The largest absolute Gasteiger partial charge is 0.495 e. The third kappa shape index (κ3) is 4.19. The van der Waals surface area contributed by atoms with E-state index in [-0.39, 0.29) is 4.90 Å². The molecule has 0 radical (unpaired) electrons. The summed E-state index contributed by atoms with van der Waals surface area (Å²) in [5.41, 5.74) is 0.877. The Labute approximate surface area is 175 Å². The van der Waals surface area contributed by atoms with Crippen molar-refractivity contribution in [1.82, 2.24) is 19.5 Å². The molecular formula is C20H22N6O3S. The van der Waals surface area contributed by atoms with Crippen molar-refractivity contribution >= 4 is 27.3 Å². The van der Waals surface area contributed by atoms with E-state index in [9.17, 15) is 8.42 Å². The van der Waals surface area contributed by atoms with Gasteiger partial charge in [0, 0.05) is 44.3 Å². The summed E-state index contributed by atoms with van der Waals surface area (Å²) in [5.74, 6) is 1.69. The van der Waals surface area contributed by atoms with Gasteiger partial charge in [0.05, 0.1) is 7.11 Å². The Bertz CT molecular complexity index is 1090. The molecule has 30 heavy (non-hydrogen) atoms. The fraction of sp³-hybridized carbons (Fsp3) is 0.250. The molecule has 2 aromatic heterocycles. The molecular weight excluding hydrogens is 404 g/mol. The number of aromatic nitrogens is 3. The van der Waals surface area contributed by atoms with E-state index in [1.54, 1.807) is 36.7 Å². The Morgan fingerprint density at radius 2 is 1.67 bits per heavy atom. The Morgan fingerprint density at radius 1 is 0.933 bits per heavy atom. The maximum Gasteiger partial charge on any atom is 0.246 e. The van der Waals surface area contributed by atoms with E-state index in [0.29, 0.717) is 43.6 Å². The van der Waals surface area contributed by atoms with Crippen LogP contribution < -0.4 is 15.0 Å². The SMILES string of the molecule is COc1ccccc1S(=O)(=O)N1CCN(c2ccc(Nc3ccncc3)nn2)CC1. The average molecular weight is 427 g/mol. The van der Waals surface area contributed by atoms with Crippen LogP contribution in [-0.4, -0.2) is 61.2 Å². The zero-order chi connectivity index (χ0) is 21.0. The summed E-state index contributed by atoms with van der Waals surface area (Å²) in [7, 11) is -2.15. The molecule has 0 amide bonds. The smallest absolute Gasteiger partial charge is 0.246 e. The second kappa shape index (κ2) is 8.64. The summed E-state index contributed by atoms with van der Waals surface area (Å²) in [6, 6.07) is 14.1. The van der Waals surface area contributed by atoms with Crippen molar-refractivity contribution in [3.63, 3.8) is 0 Å². The van der Waals surface area contributed by atoms with Crippen molar-refractivity contribution < 1.29 is 13.2 Å². The monoisotopic (exact) mass is 426 g/mol. The fourth-order valence-electron chi connectivity index (χ4n) is 3.27. The lowest BCUT2D eigenvalue weighted by Gasteiger charge is -2.34. The molecule has 0 atom stereocenters. The first-order valence-corrected chi connectivity index (χ1v) is 10.9. The zero-order valence-electron chi connectivity index (χ0n) is 16.5. The van der Waals surface area contributed by atoms with E-state index < -0.39 is 10.0 Å². The van der Waals surface area contributed by atoms with Crippen molar-refractivity contribution in [3.05, 3.63) is 60.9 Å². The molecule has 0 bridgehead atoms. The predicted molar refractivity (Wildman–Crippen MR) is 114 cm³/mol. The maximum absolute atomic E-state index is 13.0. The standard InChI is InChI=1S/C20H22N6O3S/c1-29-17-4-2-3-5-18(17)30(27,28)26-14-12-25(13-15-26)20-7-6-19(23-24-20)22-16-8-10-21-11-9-16/h2-11H,12-15H2,1H3,(H,21,22,23). The number of hydrogen-bond acceptors (Lipinski definition) is 8. The first-order chi connectivity index (χ1) is 14.6. The van der Waals surface area contributed by atoms with Crippen molar-refractivity contribution in [3.8, 4) is 5.75 Å². The van der Waals surface area contributed by atoms with Crippen LogP contribution in [0.1, 0.15) is 0 Å². The van der Waals surface area contributed by atoms with Gasteiger partial charge in [0.15, 0.2) is 11.6 Å². The number of para-hydroxylation sites is 1. The van der Waals surface area contributed by atoms with Crippen LogP contribution in [-0.2, 0) is 10.0 Å². The highest BCUT2D eigenvalue weighted by Gasteiger charge is 2.31. The third-order valence-electron chi connectivity index (χ3n) is 4.85. The molecule has 1 fully saturated rings. The summed E-state index contributed by atoms with van der Waals surface area (Å²) in [5, 5.41) is 11.7. The summed E-state index contributed by atoms with van der Waals surface area (Å²) in [6.07, 6.45) is 3.39. The number of piperazine rings is 1. The molecule has 4 rings (SSSR count). The van der Waals surface area contributed by atoms with Gasteiger partial charge in [0.2, 0.25) is 10.0 Å². The average Bonchev–Trinajstić information content (AvgIpc) is 2.80. The molecule has 3 heterocycles. The Morgan fingerprint density at radius 3 is 2.33 bits per heavy atom. The molecule has 1 aliphatic heterocycles. The lowest BCUT2D eigenvalue weighted by Crippen LogP contribution is -2.49. The van der Waals surface area contributed by atoms with Crippen LogP contribution in [0.5, 0.6) is 5.75 Å². The van der Waals surface area contributed by atoms with E-state index in [1.165, 1.54) is 11.4 Å². The number of pyridine rings is 1. The van der Waals surface area contributed by atoms with E-state index in [1.807, 2.05) is 29.2 Å². The van der Waals surface area contributed by atoms with Crippen LogP contribution in [0.2, 0.25) is 0 Å². The van der Waals surface area contributed by atoms with Gasteiger partial charge in [-0.2, -0.15) is 4.31 Å². The molecule has 0 unspecified atom stereocenters. The van der Waals surface area contributed by atoms with Crippen LogP contribution in [0.4, 0.5) is 17.3 Å². The van der Waals surface area contributed by atoms with Gasteiger partial charge in [-0.05, 0) is 36.4 Å². The van der Waals surface area contributed by atoms with Gasteiger partial charge < -0.3 is 15.0 Å². The summed E-state index contributed by atoms with van der Waals surface area (Å²) in [6.45, 7) is 1.78. The van der Waals surface area contributed by atoms with Gasteiger partial charge in [-0.1, -0.05) is 12.1 Å². The first-order valence-electron chi connectivity index (χ1n) is 9.47. The highest BCUT2D eigenvalue weighted by molar-refractivity contribution is 7.89. The molecule has 1 aliphatic rings. The Hall–Kier alpha value is -3.24. The van der Waals surface area contributed by atoms with E-state index in [0.717, 1.165) is 5.69 Å². The highest BCUT2D eigenvalue weighted by Crippen LogP contribution is 2.27. The lowest BCUT2D eigenvalue weighted by molar-refractivity contribution is 0.373. The van der Waals surface area contributed by atoms with Gasteiger partial charge in [0.1, 0.15) is 10.6 Å². The van der Waals surface area contributed by atoms with Gasteiger partial charge in [-0.25, -0.2) is 8.42 Å². The maximum atomic E-state index is 13.0. The Kier molecular flexibility index (Phi) is 5.77. The molecule has 0 saturated carbocycles. The number of benzene rings is 1. The van der Waals surface area contributed by atoms with Gasteiger partial charge in [-0.3, -0.25) is 4.98 Å². The number of methoxy groups -OCH3 is 1. The fourth-order valence-corrected chi connectivity index (χ4v) is 4.85. The van der Waals surface area contributed by atoms with Crippen molar-refractivity contribution in [2.24, 2.45) is 0 Å². The van der Waals surface area contributed by atoms with Crippen LogP contribution in [0.25, 0.3) is 0 Å². The van der Waals surface area contributed by atoms with Gasteiger partial charge in [0.25, 0.3) is 0 Å². The van der Waals surface area contributed by atoms with Crippen LogP contribution >= 0.6 is 0 Å². The normalized spacial score (nSPS) is 15.0. The topological polar surface area (TPSA) is 101 Å². The zero-order valence-corrected chi connectivity index (χ0v) is 17.3. The van der Waals surface area contributed by atoms with Crippen molar-refractivity contribution in [1.29, 1.82) is 0 Å². The quantitative estimate of drug-likeness (QED) is 0.640. The van der Waals surface area contributed by atoms with Crippen LogP contribution in [0, 0.1) is 0 Å². The minimum Gasteiger partial charge on any atom is -0.495 e. The van der Waals surface area contributed by atoms with Gasteiger partial charge >= 0.3 is 0 Å². The molecule has 0 aliphatic carbocycles.